The molecule has 0 aromatic carbocycles. The zero-order chi connectivity index (χ0) is 12.5. The minimum atomic E-state index is -0.752. The number of carboxylic acid groups (broad SMARTS) is 1. The van der Waals surface area contributed by atoms with E-state index in [1.165, 1.54) is 12.5 Å². The van der Waals surface area contributed by atoms with Crippen molar-refractivity contribution in [2.45, 2.75) is 32.1 Å². The van der Waals surface area contributed by atoms with E-state index in [-0.39, 0.29) is 12.3 Å². The summed E-state index contributed by atoms with van der Waals surface area (Å²) in [6, 6.07) is 1.61. The second-order valence-electron chi connectivity index (χ2n) is 3.83. The molecule has 0 radical (unpaired) electrons. The van der Waals surface area contributed by atoms with E-state index in [1.807, 2.05) is 0 Å². The van der Waals surface area contributed by atoms with Crippen molar-refractivity contribution in [3.63, 3.8) is 0 Å². The van der Waals surface area contributed by atoms with Gasteiger partial charge >= 0.3 is 5.97 Å². The summed E-state index contributed by atoms with van der Waals surface area (Å²) in [5, 5.41) is 11.2. The summed E-state index contributed by atoms with van der Waals surface area (Å²) in [4.78, 5) is 21.7. The molecule has 0 aliphatic rings. The summed E-state index contributed by atoms with van der Waals surface area (Å²) in [5.74, 6) is -0.887. The Hall–Kier alpha value is -1.78. The monoisotopic (exact) mass is 239 g/mol. The van der Waals surface area contributed by atoms with Crippen LogP contribution >= 0.6 is 0 Å². The molecule has 2 N–H and O–H groups in total. The van der Waals surface area contributed by atoms with Crippen LogP contribution < -0.4 is 5.32 Å². The van der Waals surface area contributed by atoms with Gasteiger partial charge in [-0.05, 0) is 18.9 Å². The molecule has 1 rings (SSSR count). The van der Waals surface area contributed by atoms with Crippen LogP contribution in [-0.4, -0.2) is 23.5 Å². The molecular weight excluding hydrogens is 222 g/mol. The van der Waals surface area contributed by atoms with Crippen LogP contribution in [0, 0.1) is 0 Å². The number of aliphatic carboxylic acids is 1. The molecule has 17 heavy (non-hydrogen) atoms. The second-order valence-corrected chi connectivity index (χ2v) is 3.83. The highest BCUT2D eigenvalue weighted by atomic mass is 16.4. The zero-order valence-electron chi connectivity index (χ0n) is 9.65. The standard InChI is InChI=1S/C12H17NO4/c14-11(15)5-3-1-2-4-7-13-12(16)10-6-8-17-9-10/h6,8-9H,1-5,7H2,(H,13,16)(H,14,15). The highest BCUT2D eigenvalue weighted by molar-refractivity contribution is 5.93. The third-order valence-corrected chi connectivity index (χ3v) is 2.39. The van der Waals surface area contributed by atoms with Crippen molar-refractivity contribution >= 4 is 11.9 Å². The number of amides is 1. The van der Waals surface area contributed by atoms with Gasteiger partial charge in [-0.25, -0.2) is 0 Å². The average Bonchev–Trinajstić information content (AvgIpc) is 2.80. The van der Waals surface area contributed by atoms with Crippen LogP contribution in [0.25, 0.3) is 0 Å². The van der Waals surface area contributed by atoms with Gasteiger partial charge in [0.1, 0.15) is 6.26 Å². The molecule has 0 unspecified atom stereocenters. The molecule has 1 aromatic heterocycles. The van der Waals surface area contributed by atoms with Gasteiger partial charge in [0, 0.05) is 13.0 Å². The molecule has 5 heteroatoms. The number of nitrogens with one attached hydrogen (secondary N) is 1. The Morgan fingerprint density at radius 2 is 2.00 bits per heavy atom. The van der Waals surface area contributed by atoms with Crippen LogP contribution in [0.1, 0.15) is 42.5 Å². The molecule has 0 aliphatic heterocycles. The van der Waals surface area contributed by atoms with Gasteiger partial charge in [0.2, 0.25) is 0 Å². The first-order valence-corrected chi connectivity index (χ1v) is 5.72. The highest BCUT2D eigenvalue weighted by Crippen LogP contribution is 2.03. The Kier molecular flexibility index (Phi) is 5.85. The topological polar surface area (TPSA) is 79.5 Å². The first-order chi connectivity index (χ1) is 8.20. The summed E-state index contributed by atoms with van der Waals surface area (Å²) < 4.78 is 4.80. The number of hydrogen-bond acceptors (Lipinski definition) is 3. The molecule has 1 aromatic rings. The molecule has 0 fully saturated rings. The predicted molar refractivity (Wildman–Crippen MR) is 61.8 cm³/mol. The van der Waals surface area contributed by atoms with E-state index in [1.54, 1.807) is 6.07 Å². The van der Waals surface area contributed by atoms with E-state index in [4.69, 9.17) is 9.52 Å². The maximum atomic E-state index is 11.4. The number of carbonyl (C=O) groups excluding carboxylic acids is 1. The fourth-order valence-corrected chi connectivity index (χ4v) is 1.45. The molecular formula is C12H17NO4. The van der Waals surface area contributed by atoms with Crippen molar-refractivity contribution in [3.05, 3.63) is 24.2 Å². The number of rotatable bonds is 8. The van der Waals surface area contributed by atoms with Crippen LogP contribution in [0.5, 0.6) is 0 Å². The minimum Gasteiger partial charge on any atom is -0.481 e. The summed E-state index contributed by atoms with van der Waals surface area (Å²) in [5.41, 5.74) is 0.524. The third kappa shape index (κ3) is 5.75. The van der Waals surface area contributed by atoms with Gasteiger partial charge in [-0.1, -0.05) is 12.8 Å². The van der Waals surface area contributed by atoms with Gasteiger partial charge in [0.25, 0.3) is 5.91 Å². The number of carboxylic acids is 1. The van der Waals surface area contributed by atoms with Crippen molar-refractivity contribution in [1.82, 2.24) is 5.32 Å². The lowest BCUT2D eigenvalue weighted by molar-refractivity contribution is -0.137. The van der Waals surface area contributed by atoms with Crippen molar-refractivity contribution in [3.8, 4) is 0 Å². The lowest BCUT2D eigenvalue weighted by Crippen LogP contribution is -2.23. The van der Waals surface area contributed by atoms with Gasteiger partial charge in [0.15, 0.2) is 0 Å². The second kappa shape index (κ2) is 7.49. The number of unbranched alkanes of at least 4 members (excludes halogenated alkanes) is 3. The Morgan fingerprint density at radius 1 is 1.24 bits per heavy atom. The molecule has 5 nitrogen and oxygen atoms in total. The van der Waals surface area contributed by atoms with Crippen LogP contribution in [0.4, 0.5) is 0 Å². The van der Waals surface area contributed by atoms with Crippen molar-refractivity contribution in [2.75, 3.05) is 6.54 Å². The molecule has 0 atom stereocenters. The lowest BCUT2D eigenvalue weighted by atomic mass is 10.1. The molecule has 1 heterocycles. The zero-order valence-corrected chi connectivity index (χ0v) is 9.65. The summed E-state index contributed by atoms with van der Waals surface area (Å²) in [6.45, 7) is 0.608. The van der Waals surface area contributed by atoms with E-state index in [2.05, 4.69) is 5.32 Å². The van der Waals surface area contributed by atoms with Gasteiger partial charge in [-0.3, -0.25) is 9.59 Å². The molecule has 1 amide bonds. The van der Waals surface area contributed by atoms with Crippen molar-refractivity contribution in [2.24, 2.45) is 0 Å². The van der Waals surface area contributed by atoms with Gasteiger partial charge in [0.05, 0.1) is 11.8 Å². The first kappa shape index (κ1) is 13.3. The molecule has 0 aliphatic carbocycles. The molecule has 0 spiro atoms. The molecule has 0 saturated heterocycles. The minimum absolute atomic E-state index is 0.135. The van der Waals surface area contributed by atoms with E-state index in [0.717, 1.165) is 19.3 Å². The first-order valence-electron chi connectivity index (χ1n) is 5.72. The fourth-order valence-electron chi connectivity index (χ4n) is 1.45. The maximum Gasteiger partial charge on any atom is 0.303 e. The van der Waals surface area contributed by atoms with E-state index in [9.17, 15) is 9.59 Å². The van der Waals surface area contributed by atoms with E-state index in [0.29, 0.717) is 18.5 Å². The van der Waals surface area contributed by atoms with E-state index >= 15 is 0 Å². The van der Waals surface area contributed by atoms with Crippen LogP contribution in [-0.2, 0) is 4.79 Å². The summed E-state index contributed by atoms with van der Waals surface area (Å²) >= 11 is 0. The Morgan fingerprint density at radius 3 is 2.65 bits per heavy atom. The molecule has 0 bridgehead atoms. The number of furan rings is 1. The Balaban J connectivity index is 1.97. The normalized spacial score (nSPS) is 10.1. The quantitative estimate of drug-likeness (QED) is 0.680. The fraction of sp³-hybridized carbons (Fsp3) is 0.500. The Labute approximate surface area is 99.8 Å². The maximum absolute atomic E-state index is 11.4. The smallest absolute Gasteiger partial charge is 0.303 e. The Bertz CT molecular complexity index is 345. The largest absolute Gasteiger partial charge is 0.481 e. The van der Waals surface area contributed by atoms with Gasteiger partial charge < -0.3 is 14.8 Å². The lowest BCUT2D eigenvalue weighted by Gasteiger charge is -2.02. The third-order valence-electron chi connectivity index (χ3n) is 2.39. The summed E-state index contributed by atoms with van der Waals surface area (Å²) in [7, 11) is 0. The van der Waals surface area contributed by atoms with E-state index < -0.39 is 5.97 Å². The van der Waals surface area contributed by atoms with Crippen LogP contribution in [0.15, 0.2) is 23.0 Å². The highest BCUT2D eigenvalue weighted by Gasteiger charge is 2.04. The molecule has 94 valence electrons. The number of carbonyl (C=O) groups is 2. The molecule has 0 saturated carbocycles. The average molecular weight is 239 g/mol. The van der Waals surface area contributed by atoms with Crippen molar-refractivity contribution < 1.29 is 19.1 Å². The summed E-state index contributed by atoms with van der Waals surface area (Å²) in [6.07, 6.45) is 6.46. The SMILES string of the molecule is O=C(O)CCCCCCNC(=O)c1ccoc1. The van der Waals surface area contributed by atoms with Crippen LogP contribution in [0.2, 0.25) is 0 Å². The van der Waals surface area contributed by atoms with Crippen LogP contribution in [0.3, 0.4) is 0 Å². The number of hydrogen-bond donors (Lipinski definition) is 2. The predicted octanol–water partition coefficient (Wildman–Crippen LogP) is 2.04. The van der Waals surface area contributed by atoms with Gasteiger partial charge in [-0.2, -0.15) is 0 Å². The van der Waals surface area contributed by atoms with Crippen molar-refractivity contribution in [1.29, 1.82) is 0 Å². The van der Waals surface area contributed by atoms with Gasteiger partial charge in [-0.15, -0.1) is 0 Å².